The average Bonchev–Trinajstić information content (AvgIpc) is 3.09. The molecular weight excluding hydrogens is 392 g/mol. The summed E-state index contributed by atoms with van der Waals surface area (Å²) in [4.78, 5) is 0. The van der Waals surface area contributed by atoms with Crippen molar-refractivity contribution in [3.8, 4) is 0 Å². The lowest BCUT2D eigenvalue weighted by Gasteiger charge is -2.62. The molecule has 2 heteroatoms. The molecule has 0 unspecified atom stereocenters. The van der Waals surface area contributed by atoms with Crippen molar-refractivity contribution in [2.24, 2.45) is 51.8 Å². The molecule has 0 saturated heterocycles. The second-order valence-electron chi connectivity index (χ2n) is 14.6. The van der Waals surface area contributed by atoms with Gasteiger partial charge >= 0.3 is 0 Å². The van der Waals surface area contributed by atoms with Gasteiger partial charge in [-0.1, -0.05) is 48.5 Å². The van der Waals surface area contributed by atoms with Gasteiger partial charge in [0.05, 0.1) is 11.7 Å². The van der Waals surface area contributed by atoms with Gasteiger partial charge in [0, 0.05) is 0 Å². The molecule has 0 radical (unpaired) electrons. The lowest BCUT2D eigenvalue weighted by molar-refractivity contribution is -0.152. The summed E-state index contributed by atoms with van der Waals surface area (Å²) in [5.74, 6) is 5.01. The molecular formula is C30H54O2. The van der Waals surface area contributed by atoms with Crippen LogP contribution >= 0.6 is 0 Å². The monoisotopic (exact) mass is 446 g/mol. The summed E-state index contributed by atoms with van der Waals surface area (Å²) in [5.41, 5.74) is 0.588. The molecule has 4 saturated carbocycles. The van der Waals surface area contributed by atoms with Crippen molar-refractivity contribution in [2.75, 3.05) is 0 Å². The van der Waals surface area contributed by atoms with Crippen LogP contribution in [0.15, 0.2) is 0 Å². The topological polar surface area (TPSA) is 40.5 Å². The zero-order chi connectivity index (χ0) is 23.5. The molecule has 0 aromatic heterocycles. The molecule has 0 aromatic rings. The zero-order valence-electron chi connectivity index (χ0n) is 22.4. The molecule has 2 N–H and O–H groups in total. The smallest absolute Gasteiger partial charge is 0.0648 e. The molecule has 2 nitrogen and oxygen atoms in total. The third kappa shape index (κ3) is 4.12. The first-order valence-corrected chi connectivity index (χ1v) is 14.2. The van der Waals surface area contributed by atoms with Crippen LogP contribution in [0, 0.1) is 51.8 Å². The first kappa shape index (κ1) is 25.0. The summed E-state index contributed by atoms with van der Waals surface area (Å²) in [6, 6.07) is 0. The van der Waals surface area contributed by atoms with E-state index in [4.69, 9.17) is 0 Å². The Balaban J connectivity index is 1.45. The van der Waals surface area contributed by atoms with Gasteiger partial charge in [0.25, 0.3) is 0 Å². The van der Waals surface area contributed by atoms with Crippen LogP contribution in [0.1, 0.15) is 126 Å². The van der Waals surface area contributed by atoms with Crippen molar-refractivity contribution in [3.63, 3.8) is 0 Å². The van der Waals surface area contributed by atoms with Gasteiger partial charge in [-0.3, -0.25) is 0 Å². The third-order valence-corrected chi connectivity index (χ3v) is 12.1. The molecule has 186 valence electrons. The second-order valence-corrected chi connectivity index (χ2v) is 14.6. The minimum Gasteiger partial charge on any atom is -0.393 e. The highest BCUT2D eigenvalue weighted by Crippen LogP contribution is 2.69. The molecule has 4 aliphatic rings. The molecule has 4 aliphatic carbocycles. The zero-order valence-corrected chi connectivity index (χ0v) is 22.4. The highest BCUT2D eigenvalue weighted by Gasteiger charge is 2.61. The van der Waals surface area contributed by atoms with E-state index in [1.54, 1.807) is 0 Å². The van der Waals surface area contributed by atoms with E-state index in [0.717, 1.165) is 61.2 Å². The van der Waals surface area contributed by atoms with Gasteiger partial charge in [-0.15, -0.1) is 0 Å². The van der Waals surface area contributed by atoms with E-state index in [9.17, 15) is 10.2 Å². The van der Waals surface area contributed by atoms with E-state index in [-0.39, 0.29) is 17.1 Å². The molecule has 0 bridgehead atoms. The Hall–Kier alpha value is -0.0800. The first-order chi connectivity index (χ1) is 14.8. The molecule has 4 rings (SSSR count). The second kappa shape index (κ2) is 8.54. The van der Waals surface area contributed by atoms with E-state index in [1.165, 1.54) is 51.4 Å². The highest BCUT2D eigenvalue weighted by atomic mass is 16.3. The maximum absolute atomic E-state index is 11.0. The van der Waals surface area contributed by atoms with Crippen molar-refractivity contribution in [1.82, 2.24) is 0 Å². The molecule has 0 spiro atoms. The highest BCUT2D eigenvalue weighted by molar-refractivity contribution is 5.10. The minimum absolute atomic E-state index is 0.00208. The molecule has 0 heterocycles. The summed E-state index contributed by atoms with van der Waals surface area (Å²) in [7, 11) is 0. The Morgan fingerprint density at radius 2 is 1.56 bits per heavy atom. The van der Waals surface area contributed by atoms with Crippen molar-refractivity contribution in [3.05, 3.63) is 0 Å². The van der Waals surface area contributed by atoms with Crippen LogP contribution in [-0.2, 0) is 0 Å². The Kier molecular flexibility index (Phi) is 6.68. The van der Waals surface area contributed by atoms with Crippen LogP contribution in [-0.4, -0.2) is 21.9 Å². The Morgan fingerprint density at radius 3 is 2.22 bits per heavy atom. The van der Waals surface area contributed by atoms with Gasteiger partial charge in [-0.25, -0.2) is 0 Å². The Morgan fingerprint density at radius 1 is 0.875 bits per heavy atom. The van der Waals surface area contributed by atoms with E-state index < -0.39 is 0 Å². The summed E-state index contributed by atoms with van der Waals surface area (Å²) in [6.07, 6.45) is 14.6. The summed E-state index contributed by atoms with van der Waals surface area (Å²) in [6.45, 7) is 16.5. The van der Waals surface area contributed by atoms with Crippen LogP contribution in [0.25, 0.3) is 0 Å². The molecule has 10 atom stereocenters. The van der Waals surface area contributed by atoms with Gasteiger partial charge in [-0.2, -0.15) is 0 Å². The first-order valence-electron chi connectivity index (χ1n) is 14.2. The molecule has 32 heavy (non-hydrogen) atoms. The van der Waals surface area contributed by atoms with Crippen molar-refractivity contribution in [2.45, 2.75) is 137 Å². The van der Waals surface area contributed by atoms with Crippen molar-refractivity contribution < 1.29 is 10.2 Å². The molecule has 0 amide bonds. The quantitative estimate of drug-likeness (QED) is 0.456. The van der Waals surface area contributed by atoms with Gasteiger partial charge < -0.3 is 10.2 Å². The average molecular weight is 447 g/mol. The summed E-state index contributed by atoms with van der Waals surface area (Å²) in [5, 5.41) is 21.6. The van der Waals surface area contributed by atoms with E-state index in [1.807, 2.05) is 0 Å². The maximum atomic E-state index is 11.0. The normalized spacial score (nSPS) is 48.5. The standard InChI is InChI=1S/C30H54O2/c1-8-30(32)18-17-28(6)21(19-30)10-11-22-24-13-12-23(29(24,7)16-15-25(22)28)20(2)9-14-26(31)27(3,4)5/h20-26,31-32H,8-19H2,1-7H3/t20-,21-,22+,23-,24+,25+,26+,28+,29-,30+/m1/s1. The fourth-order valence-corrected chi connectivity index (χ4v) is 9.67. The predicted octanol–water partition coefficient (Wildman–Crippen LogP) is 7.61. The van der Waals surface area contributed by atoms with Crippen molar-refractivity contribution >= 4 is 0 Å². The minimum atomic E-state index is -0.383. The largest absolute Gasteiger partial charge is 0.393 e. The summed E-state index contributed by atoms with van der Waals surface area (Å²) < 4.78 is 0. The Labute approximate surface area is 199 Å². The van der Waals surface area contributed by atoms with Crippen LogP contribution in [0.2, 0.25) is 0 Å². The van der Waals surface area contributed by atoms with Crippen LogP contribution < -0.4 is 0 Å². The third-order valence-electron chi connectivity index (χ3n) is 12.1. The lowest BCUT2D eigenvalue weighted by Crippen LogP contribution is -2.56. The van der Waals surface area contributed by atoms with E-state index in [0.29, 0.717) is 10.8 Å². The molecule has 0 aromatic carbocycles. The van der Waals surface area contributed by atoms with Crippen molar-refractivity contribution in [1.29, 1.82) is 0 Å². The number of rotatable bonds is 5. The van der Waals surface area contributed by atoms with E-state index in [2.05, 4.69) is 48.5 Å². The van der Waals surface area contributed by atoms with Gasteiger partial charge in [0.1, 0.15) is 0 Å². The van der Waals surface area contributed by atoms with Crippen LogP contribution in [0.5, 0.6) is 0 Å². The number of aliphatic hydroxyl groups excluding tert-OH is 1. The number of fused-ring (bicyclic) bond motifs is 5. The number of hydrogen-bond acceptors (Lipinski definition) is 2. The van der Waals surface area contributed by atoms with Gasteiger partial charge in [0.2, 0.25) is 0 Å². The molecule has 0 aliphatic heterocycles. The van der Waals surface area contributed by atoms with Crippen LogP contribution in [0.3, 0.4) is 0 Å². The number of aliphatic hydroxyl groups is 2. The Bertz CT molecular complexity index is 666. The fourth-order valence-electron chi connectivity index (χ4n) is 9.67. The van der Waals surface area contributed by atoms with Crippen LogP contribution in [0.4, 0.5) is 0 Å². The fraction of sp³-hybridized carbons (Fsp3) is 1.00. The number of hydrogen-bond donors (Lipinski definition) is 2. The van der Waals surface area contributed by atoms with Gasteiger partial charge in [0.15, 0.2) is 0 Å². The van der Waals surface area contributed by atoms with E-state index >= 15 is 0 Å². The SMILES string of the molecule is CC[C@]1(O)CC[C@@]2(C)[C@H](CC[C@@H]3[C@@H]2CC[C@]2(C)[C@@H]([C@H](C)CC[C@H](O)C(C)(C)C)CC[C@@H]32)C1. The van der Waals surface area contributed by atoms with Gasteiger partial charge in [-0.05, 0) is 129 Å². The summed E-state index contributed by atoms with van der Waals surface area (Å²) >= 11 is 0. The predicted molar refractivity (Wildman–Crippen MR) is 134 cm³/mol. The lowest BCUT2D eigenvalue weighted by atomic mass is 9.43. The maximum Gasteiger partial charge on any atom is 0.0648 e. The molecule has 4 fully saturated rings.